The molecule has 10 nitrogen and oxygen atoms in total. The Hall–Kier alpha value is -3.09. The van der Waals surface area contributed by atoms with E-state index in [9.17, 15) is 12.8 Å². The van der Waals surface area contributed by atoms with Crippen LogP contribution in [0.15, 0.2) is 42.2 Å². The molecule has 0 saturated carbocycles. The highest BCUT2D eigenvalue weighted by Gasteiger charge is 2.31. The number of hydrogen-bond acceptors (Lipinski definition) is 7. The summed E-state index contributed by atoms with van der Waals surface area (Å²) in [6.07, 6.45) is 8.81. The maximum atomic E-state index is 14.5. The average molecular weight is 505 g/mol. The fourth-order valence-corrected chi connectivity index (χ4v) is 5.77. The number of hydrogen-bond donors (Lipinski definition) is 2. The Morgan fingerprint density at radius 1 is 1.29 bits per heavy atom. The largest absolute Gasteiger partial charge is 0.367 e. The van der Waals surface area contributed by atoms with Gasteiger partial charge in [0.05, 0.1) is 17.5 Å². The number of halogens is 2. The van der Waals surface area contributed by atoms with E-state index in [4.69, 9.17) is 11.6 Å². The van der Waals surface area contributed by atoms with Crippen molar-refractivity contribution in [3.05, 3.63) is 48.0 Å². The summed E-state index contributed by atoms with van der Waals surface area (Å²) in [5.74, 6) is -0.226. The molecule has 0 bridgehead atoms. The number of sulfonamides is 1. The summed E-state index contributed by atoms with van der Waals surface area (Å²) >= 11 is 6.07. The molecule has 2 N–H and O–H groups in total. The lowest BCUT2D eigenvalue weighted by Gasteiger charge is -2.31. The third-order valence-electron chi connectivity index (χ3n) is 5.81. The molecular weight excluding hydrogens is 483 g/mol. The van der Waals surface area contributed by atoms with Crippen molar-refractivity contribution in [2.24, 2.45) is 13.0 Å². The van der Waals surface area contributed by atoms with Gasteiger partial charge in [0.1, 0.15) is 5.65 Å². The summed E-state index contributed by atoms with van der Waals surface area (Å²) in [7, 11) is -1.95. The lowest BCUT2D eigenvalue weighted by molar-refractivity contribution is 0.274. The predicted octanol–water partition coefficient (Wildman–Crippen LogP) is 3.06. The van der Waals surface area contributed by atoms with Gasteiger partial charge in [-0.3, -0.25) is 0 Å². The number of nitrogens with zero attached hydrogens (tertiary/aromatic N) is 6. The number of aryl methyl sites for hydroxylation is 1. The molecule has 1 unspecified atom stereocenters. The van der Waals surface area contributed by atoms with Gasteiger partial charge < -0.3 is 14.9 Å². The molecule has 0 aliphatic carbocycles. The Bertz CT molecular complexity index is 1450. The molecule has 0 aromatic carbocycles. The van der Waals surface area contributed by atoms with Gasteiger partial charge in [-0.2, -0.15) is 4.31 Å². The normalized spacial score (nSPS) is 17.3. The highest BCUT2D eigenvalue weighted by atomic mass is 35.5. The van der Waals surface area contributed by atoms with Gasteiger partial charge in [-0.05, 0) is 24.8 Å². The number of aromatic nitrogens is 6. The fourth-order valence-electron chi connectivity index (χ4n) is 4.09. The van der Waals surface area contributed by atoms with Crippen LogP contribution < -0.4 is 5.32 Å². The smallest absolute Gasteiger partial charge is 0.262 e. The minimum Gasteiger partial charge on any atom is -0.367 e. The van der Waals surface area contributed by atoms with E-state index in [-0.39, 0.29) is 16.8 Å². The van der Waals surface area contributed by atoms with E-state index in [1.54, 1.807) is 23.9 Å². The molecule has 4 aromatic rings. The summed E-state index contributed by atoms with van der Waals surface area (Å²) in [4.78, 5) is 19.7. The van der Waals surface area contributed by atoms with E-state index >= 15 is 0 Å². The van der Waals surface area contributed by atoms with Crippen LogP contribution in [0.2, 0.25) is 5.02 Å². The third-order valence-corrected chi connectivity index (χ3v) is 7.77. The molecule has 1 fully saturated rings. The second-order valence-corrected chi connectivity index (χ2v) is 10.6. The van der Waals surface area contributed by atoms with Crippen LogP contribution in [0, 0.1) is 11.7 Å². The molecule has 0 radical (unpaired) electrons. The first kappa shape index (κ1) is 22.7. The first-order valence-electron chi connectivity index (χ1n) is 10.7. The van der Waals surface area contributed by atoms with Crippen LogP contribution in [0.1, 0.15) is 12.8 Å². The Morgan fingerprint density at radius 2 is 2.15 bits per heavy atom. The van der Waals surface area contributed by atoms with Crippen molar-refractivity contribution in [1.82, 2.24) is 33.8 Å². The molecule has 1 saturated heterocycles. The van der Waals surface area contributed by atoms with E-state index in [1.807, 2.05) is 0 Å². The number of pyridine rings is 1. The SMILES string of the molecule is Cn1cnc(S(=O)(=O)N2CCCC(CNc3nc(-c4c[nH]c5ncc(Cl)cc45)ncc3F)C2)c1. The molecule has 178 valence electrons. The Labute approximate surface area is 200 Å². The lowest BCUT2D eigenvalue weighted by Crippen LogP contribution is -2.42. The van der Waals surface area contributed by atoms with Crippen LogP contribution >= 0.6 is 11.6 Å². The molecule has 5 heterocycles. The Morgan fingerprint density at radius 3 is 2.94 bits per heavy atom. The van der Waals surface area contributed by atoms with Gasteiger partial charge in [-0.15, -0.1) is 0 Å². The van der Waals surface area contributed by atoms with Crippen LogP contribution in [-0.2, 0) is 17.1 Å². The van der Waals surface area contributed by atoms with E-state index in [1.165, 1.54) is 23.0 Å². The molecule has 0 amide bonds. The zero-order valence-electron chi connectivity index (χ0n) is 18.2. The van der Waals surface area contributed by atoms with Crippen LogP contribution in [0.5, 0.6) is 0 Å². The summed E-state index contributed by atoms with van der Waals surface area (Å²) in [5, 5.41) is 4.27. The van der Waals surface area contributed by atoms with Gasteiger partial charge in [0.15, 0.2) is 22.5 Å². The number of aromatic amines is 1. The van der Waals surface area contributed by atoms with Gasteiger partial charge in [0.25, 0.3) is 10.0 Å². The van der Waals surface area contributed by atoms with E-state index in [0.29, 0.717) is 48.1 Å². The molecule has 5 rings (SSSR count). The summed E-state index contributed by atoms with van der Waals surface area (Å²) in [6.45, 7) is 1.11. The first-order chi connectivity index (χ1) is 16.3. The van der Waals surface area contributed by atoms with Crippen molar-refractivity contribution < 1.29 is 12.8 Å². The monoisotopic (exact) mass is 504 g/mol. The van der Waals surface area contributed by atoms with Crippen molar-refractivity contribution >= 4 is 38.5 Å². The van der Waals surface area contributed by atoms with Crippen molar-refractivity contribution in [3.8, 4) is 11.4 Å². The van der Waals surface area contributed by atoms with Crippen molar-refractivity contribution in [2.45, 2.75) is 17.9 Å². The maximum absolute atomic E-state index is 14.5. The zero-order chi connectivity index (χ0) is 23.9. The summed E-state index contributed by atoms with van der Waals surface area (Å²) < 4.78 is 43.4. The molecule has 1 aliphatic rings. The fraction of sp³-hybridized carbons (Fsp3) is 0.333. The van der Waals surface area contributed by atoms with Crippen LogP contribution in [0.3, 0.4) is 0 Å². The minimum absolute atomic E-state index is 0.0128. The third kappa shape index (κ3) is 4.36. The second-order valence-electron chi connectivity index (χ2n) is 8.27. The molecule has 0 spiro atoms. The van der Waals surface area contributed by atoms with Gasteiger partial charge >= 0.3 is 0 Å². The highest BCUT2D eigenvalue weighted by molar-refractivity contribution is 7.89. The topological polar surface area (TPSA) is 122 Å². The van der Waals surface area contributed by atoms with Crippen molar-refractivity contribution in [2.75, 3.05) is 25.0 Å². The number of nitrogens with one attached hydrogen (secondary N) is 2. The van der Waals surface area contributed by atoms with Crippen LogP contribution in [0.25, 0.3) is 22.4 Å². The molecule has 1 atom stereocenters. The molecule has 1 aliphatic heterocycles. The van der Waals surface area contributed by atoms with Gasteiger partial charge in [-0.1, -0.05) is 11.6 Å². The van der Waals surface area contributed by atoms with Gasteiger partial charge in [0, 0.05) is 56.2 Å². The van der Waals surface area contributed by atoms with E-state index in [2.05, 4.69) is 30.2 Å². The van der Waals surface area contributed by atoms with Crippen LogP contribution in [-0.4, -0.2) is 61.8 Å². The van der Waals surface area contributed by atoms with Crippen molar-refractivity contribution in [3.63, 3.8) is 0 Å². The standard InChI is InChI=1S/C21H22ClFN8O2S/c1-30-11-18(28-12-30)34(32,33)31-4-2-3-13(10-31)6-24-21-17(23)9-27-20(29-21)16-8-26-19-15(16)5-14(22)7-25-19/h5,7-9,11-13H,2-4,6,10H2,1H3,(H,25,26)(H,24,27,29). The number of fused-ring (bicyclic) bond motifs is 1. The quantitative estimate of drug-likeness (QED) is 0.414. The summed E-state index contributed by atoms with van der Waals surface area (Å²) in [5.41, 5.74) is 1.27. The number of anilines is 1. The Balaban J connectivity index is 1.32. The Kier molecular flexibility index (Phi) is 5.96. The van der Waals surface area contributed by atoms with E-state index < -0.39 is 15.8 Å². The molecular formula is C21H22ClFN8O2S. The van der Waals surface area contributed by atoms with Crippen LogP contribution in [0.4, 0.5) is 10.2 Å². The van der Waals surface area contributed by atoms with Gasteiger partial charge in [-0.25, -0.2) is 32.7 Å². The number of piperidine rings is 1. The van der Waals surface area contributed by atoms with Crippen molar-refractivity contribution in [1.29, 1.82) is 0 Å². The number of imidazole rings is 1. The predicted molar refractivity (Wildman–Crippen MR) is 125 cm³/mol. The lowest BCUT2D eigenvalue weighted by atomic mass is 10.00. The number of H-pyrrole nitrogens is 1. The maximum Gasteiger partial charge on any atom is 0.262 e. The molecule has 13 heteroatoms. The minimum atomic E-state index is -3.67. The van der Waals surface area contributed by atoms with E-state index in [0.717, 1.165) is 18.0 Å². The number of rotatable bonds is 6. The first-order valence-corrected chi connectivity index (χ1v) is 12.5. The highest BCUT2D eigenvalue weighted by Crippen LogP contribution is 2.29. The average Bonchev–Trinajstić information content (AvgIpc) is 3.45. The second kappa shape index (κ2) is 8.93. The van der Waals surface area contributed by atoms with Gasteiger partial charge in [0.2, 0.25) is 0 Å². The summed E-state index contributed by atoms with van der Waals surface area (Å²) in [6, 6.07) is 1.74. The molecule has 4 aromatic heterocycles. The zero-order valence-corrected chi connectivity index (χ0v) is 19.8. The molecule has 34 heavy (non-hydrogen) atoms.